The molecule has 1 aromatic carbocycles. The van der Waals surface area contributed by atoms with Crippen LogP contribution in [0, 0.1) is 5.82 Å². The summed E-state index contributed by atoms with van der Waals surface area (Å²) in [6.07, 6.45) is 2.10. The molecule has 2 heterocycles. The van der Waals surface area contributed by atoms with E-state index in [4.69, 9.17) is 11.6 Å². The number of rotatable bonds is 2. The number of hydrogen-bond donors (Lipinski definition) is 1. The molecule has 23 heavy (non-hydrogen) atoms. The molecule has 0 spiro atoms. The van der Waals surface area contributed by atoms with Crippen LogP contribution in [0.4, 0.5) is 4.39 Å². The number of carbonyl (C=O) groups excluding carboxylic acids is 1. The van der Waals surface area contributed by atoms with Crippen molar-refractivity contribution in [3.63, 3.8) is 0 Å². The molecule has 1 N–H and O–H groups in total. The van der Waals surface area contributed by atoms with E-state index in [1.54, 1.807) is 12.3 Å². The van der Waals surface area contributed by atoms with Crippen LogP contribution < -0.4 is 5.56 Å². The van der Waals surface area contributed by atoms with Gasteiger partial charge in [0, 0.05) is 26.3 Å². The van der Waals surface area contributed by atoms with Crippen LogP contribution in [0.3, 0.4) is 0 Å². The fraction of sp³-hybridized carbons (Fsp3) is 0.250. The third kappa shape index (κ3) is 2.70. The number of aryl methyl sites for hydroxylation is 1. The normalized spacial score (nSPS) is 14.0. The maximum absolute atomic E-state index is 13.2. The van der Waals surface area contributed by atoms with Crippen LogP contribution in [0.5, 0.6) is 5.75 Å². The summed E-state index contributed by atoms with van der Waals surface area (Å²) in [6, 6.07) is 4.25. The van der Waals surface area contributed by atoms with E-state index in [-0.39, 0.29) is 17.1 Å². The predicted octanol–water partition coefficient (Wildman–Crippen LogP) is 2.08. The zero-order chi connectivity index (χ0) is 16.7. The molecular weight excluding hydrogens is 323 g/mol. The van der Waals surface area contributed by atoms with Crippen molar-refractivity contribution in [1.82, 2.24) is 9.47 Å². The first kappa shape index (κ1) is 15.6. The maximum Gasteiger partial charge on any atom is 0.293 e. The highest BCUT2D eigenvalue weighted by Gasteiger charge is 2.29. The average Bonchev–Trinajstić information content (AvgIpc) is 2.51. The minimum absolute atomic E-state index is 0.0101. The highest BCUT2D eigenvalue weighted by atomic mass is 35.5. The van der Waals surface area contributed by atoms with E-state index in [0.717, 1.165) is 0 Å². The molecule has 0 fully saturated rings. The first-order valence-corrected chi connectivity index (χ1v) is 7.41. The van der Waals surface area contributed by atoms with E-state index >= 15 is 0 Å². The molecule has 1 aliphatic heterocycles. The number of fused-ring (bicyclic) bond motifs is 1. The van der Waals surface area contributed by atoms with Crippen molar-refractivity contribution in [2.24, 2.45) is 7.05 Å². The van der Waals surface area contributed by atoms with Gasteiger partial charge in [-0.25, -0.2) is 4.39 Å². The predicted molar refractivity (Wildman–Crippen MR) is 83.2 cm³/mol. The Balaban J connectivity index is 1.93. The Hall–Kier alpha value is -2.34. The largest absolute Gasteiger partial charge is 0.502 e. The van der Waals surface area contributed by atoms with Crippen molar-refractivity contribution in [3.8, 4) is 5.75 Å². The Labute approximate surface area is 136 Å². The molecular formula is C16H14ClFN2O3. The molecule has 3 rings (SSSR count). The lowest BCUT2D eigenvalue weighted by atomic mass is 9.99. The van der Waals surface area contributed by atoms with Gasteiger partial charge in [-0.05, 0) is 29.7 Å². The molecule has 0 saturated heterocycles. The molecule has 1 amide bonds. The number of aromatic hydroxyl groups is 1. The van der Waals surface area contributed by atoms with E-state index in [1.807, 2.05) is 0 Å². The zero-order valence-corrected chi connectivity index (χ0v) is 13.1. The van der Waals surface area contributed by atoms with Gasteiger partial charge in [0.25, 0.3) is 11.5 Å². The number of carbonyl (C=O) groups is 1. The van der Waals surface area contributed by atoms with Crippen molar-refractivity contribution < 1.29 is 14.3 Å². The van der Waals surface area contributed by atoms with Gasteiger partial charge in [-0.3, -0.25) is 9.59 Å². The molecule has 1 aliphatic rings. The van der Waals surface area contributed by atoms with Crippen molar-refractivity contribution in [3.05, 3.63) is 62.3 Å². The first-order chi connectivity index (χ1) is 10.9. The quantitative estimate of drug-likeness (QED) is 0.913. The van der Waals surface area contributed by atoms with E-state index < -0.39 is 23.0 Å². The highest BCUT2D eigenvalue weighted by molar-refractivity contribution is 6.30. The molecule has 0 aliphatic carbocycles. The Morgan fingerprint density at radius 1 is 1.35 bits per heavy atom. The van der Waals surface area contributed by atoms with Gasteiger partial charge in [0.05, 0.1) is 10.6 Å². The summed E-state index contributed by atoms with van der Waals surface area (Å²) in [5.74, 6) is -1.47. The van der Waals surface area contributed by atoms with Crippen molar-refractivity contribution >= 4 is 17.5 Å². The second-order valence-electron chi connectivity index (χ2n) is 5.52. The topological polar surface area (TPSA) is 62.5 Å². The minimum atomic E-state index is -0.608. The highest BCUT2D eigenvalue weighted by Crippen LogP contribution is 2.26. The lowest BCUT2D eigenvalue weighted by Gasteiger charge is -2.29. The van der Waals surface area contributed by atoms with E-state index in [1.165, 1.54) is 28.6 Å². The van der Waals surface area contributed by atoms with Crippen LogP contribution in [-0.4, -0.2) is 27.0 Å². The summed E-state index contributed by atoms with van der Waals surface area (Å²) in [4.78, 5) is 25.9. The lowest BCUT2D eigenvalue weighted by Crippen LogP contribution is -2.38. The van der Waals surface area contributed by atoms with Gasteiger partial charge < -0.3 is 14.6 Å². The summed E-state index contributed by atoms with van der Waals surface area (Å²) in [5.41, 5.74) is 0.760. The molecule has 0 atom stereocenters. The van der Waals surface area contributed by atoms with E-state index in [0.29, 0.717) is 24.1 Å². The summed E-state index contributed by atoms with van der Waals surface area (Å²) >= 11 is 5.75. The minimum Gasteiger partial charge on any atom is -0.502 e. The average molecular weight is 337 g/mol. The van der Waals surface area contributed by atoms with Crippen LogP contribution in [0.2, 0.25) is 5.02 Å². The Kier molecular flexibility index (Phi) is 3.85. The molecule has 120 valence electrons. The molecule has 5 nitrogen and oxygen atoms in total. The summed E-state index contributed by atoms with van der Waals surface area (Å²) in [7, 11) is 1.53. The van der Waals surface area contributed by atoms with Gasteiger partial charge in [-0.15, -0.1) is 0 Å². The Bertz CT molecular complexity index is 863. The van der Waals surface area contributed by atoms with Crippen LogP contribution in [0.1, 0.15) is 21.5 Å². The van der Waals surface area contributed by atoms with Gasteiger partial charge in [0.15, 0.2) is 5.75 Å². The maximum atomic E-state index is 13.2. The van der Waals surface area contributed by atoms with Crippen LogP contribution in [0.25, 0.3) is 0 Å². The molecule has 7 heteroatoms. The van der Waals surface area contributed by atoms with E-state index in [9.17, 15) is 19.1 Å². The van der Waals surface area contributed by atoms with Crippen LogP contribution >= 0.6 is 11.6 Å². The fourth-order valence-electron chi connectivity index (χ4n) is 2.74. The third-order valence-corrected chi connectivity index (χ3v) is 4.23. The van der Waals surface area contributed by atoms with Gasteiger partial charge in [-0.2, -0.15) is 0 Å². The van der Waals surface area contributed by atoms with Gasteiger partial charge in [-0.1, -0.05) is 17.7 Å². The second-order valence-corrected chi connectivity index (χ2v) is 5.93. The SMILES string of the molecule is Cn1cc2c(c(O)c1=O)C(=O)N(Cc1ccc(F)c(Cl)c1)CC2. The zero-order valence-electron chi connectivity index (χ0n) is 12.3. The molecule has 0 saturated carbocycles. The standard InChI is InChI=1S/C16H14ClFN2O3/c1-19-8-10-4-5-20(15(22)13(10)14(21)16(19)23)7-9-2-3-12(18)11(17)6-9/h2-3,6,8,21H,4-5,7H2,1H3. The summed E-state index contributed by atoms with van der Waals surface area (Å²) in [6.45, 7) is 0.672. The van der Waals surface area contributed by atoms with Gasteiger partial charge in [0.1, 0.15) is 5.82 Å². The number of aromatic nitrogens is 1. The summed E-state index contributed by atoms with van der Waals surface area (Å²) < 4.78 is 14.5. The molecule has 0 radical (unpaired) electrons. The van der Waals surface area contributed by atoms with Crippen molar-refractivity contribution in [2.45, 2.75) is 13.0 Å². The molecule has 2 aromatic rings. The number of nitrogens with zero attached hydrogens (tertiary/aromatic N) is 2. The molecule has 0 bridgehead atoms. The number of hydrogen-bond acceptors (Lipinski definition) is 3. The first-order valence-electron chi connectivity index (χ1n) is 7.03. The Morgan fingerprint density at radius 3 is 2.78 bits per heavy atom. The smallest absolute Gasteiger partial charge is 0.293 e. The lowest BCUT2D eigenvalue weighted by molar-refractivity contribution is 0.0722. The number of benzene rings is 1. The summed E-state index contributed by atoms with van der Waals surface area (Å²) in [5, 5.41) is 10.00. The third-order valence-electron chi connectivity index (χ3n) is 3.94. The van der Waals surface area contributed by atoms with E-state index in [2.05, 4.69) is 0 Å². The monoisotopic (exact) mass is 336 g/mol. The fourth-order valence-corrected chi connectivity index (χ4v) is 2.94. The number of amides is 1. The van der Waals surface area contributed by atoms with Gasteiger partial charge in [0.2, 0.25) is 0 Å². The van der Waals surface area contributed by atoms with Crippen LogP contribution in [0.15, 0.2) is 29.2 Å². The molecule has 0 unspecified atom stereocenters. The van der Waals surface area contributed by atoms with Gasteiger partial charge >= 0.3 is 0 Å². The number of pyridine rings is 1. The second kappa shape index (κ2) is 5.70. The van der Waals surface area contributed by atoms with Crippen molar-refractivity contribution in [1.29, 1.82) is 0 Å². The molecule has 1 aromatic heterocycles. The van der Waals surface area contributed by atoms with Crippen LogP contribution in [-0.2, 0) is 20.0 Å². The number of halogens is 2. The van der Waals surface area contributed by atoms with Crippen molar-refractivity contribution in [2.75, 3.05) is 6.54 Å². The Morgan fingerprint density at radius 2 is 2.09 bits per heavy atom.